The summed E-state index contributed by atoms with van der Waals surface area (Å²) in [6.07, 6.45) is 6.46. The van der Waals surface area contributed by atoms with Gasteiger partial charge in [-0.15, -0.1) is 0 Å². The molecule has 0 saturated heterocycles. The Labute approximate surface area is 60.4 Å². The predicted octanol–water partition coefficient (Wildman–Crippen LogP) is 1.73. The van der Waals surface area contributed by atoms with E-state index in [1.165, 1.54) is 0 Å². The average molecular weight is 134 g/mol. The van der Waals surface area contributed by atoms with Gasteiger partial charge in [0, 0.05) is 11.5 Å². The molecule has 0 aromatic heterocycles. The summed E-state index contributed by atoms with van der Waals surface area (Å²) in [5.74, 6) is 2.47. The molecule has 0 amide bonds. The van der Waals surface area contributed by atoms with Crippen molar-refractivity contribution >= 4 is 5.94 Å². The Morgan fingerprint density at radius 3 is 2.90 bits per heavy atom. The van der Waals surface area contributed by atoms with E-state index in [0.717, 1.165) is 18.4 Å². The second-order valence-electron chi connectivity index (χ2n) is 3.63. The van der Waals surface area contributed by atoms with E-state index in [9.17, 15) is 4.79 Å². The Balaban J connectivity index is 2.43. The Hall–Kier alpha value is -0.810. The highest BCUT2D eigenvalue weighted by Gasteiger charge is 2.40. The van der Waals surface area contributed by atoms with Crippen molar-refractivity contribution in [3.63, 3.8) is 0 Å². The van der Waals surface area contributed by atoms with Gasteiger partial charge in [-0.1, -0.05) is 19.1 Å². The fourth-order valence-corrected chi connectivity index (χ4v) is 2.04. The quantitative estimate of drug-likeness (QED) is 0.364. The first-order chi connectivity index (χ1) is 4.73. The van der Waals surface area contributed by atoms with Gasteiger partial charge in [-0.25, -0.2) is 4.79 Å². The van der Waals surface area contributed by atoms with Crippen molar-refractivity contribution in [1.82, 2.24) is 0 Å². The van der Waals surface area contributed by atoms with E-state index in [2.05, 4.69) is 19.1 Å². The lowest BCUT2D eigenvalue weighted by atomic mass is 9.90. The zero-order chi connectivity index (χ0) is 7.19. The lowest BCUT2D eigenvalue weighted by Gasteiger charge is -2.14. The molecule has 0 aliphatic heterocycles. The molecule has 2 aliphatic carbocycles. The second-order valence-corrected chi connectivity index (χ2v) is 3.63. The van der Waals surface area contributed by atoms with Gasteiger partial charge in [0.25, 0.3) is 0 Å². The summed E-state index contributed by atoms with van der Waals surface area (Å²) in [6.45, 7) is 2.20. The lowest BCUT2D eigenvalue weighted by molar-refractivity contribution is 0.461. The van der Waals surface area contributed by atoms with Crippen LogP contribution in [0.15, 0.2) is 17.7 Å². The molecule has 1 nitrogen and oxygen atoms in total. The number of fused-ring (bicyclic) bond motifs is 2. The van der Waals surface area contributed by atoms with E-state index >= 15 is 0 Å². The zero-order valence-electron chi connectivity index (χ0n) is 6.05. The SMILES string of the molecule is CC12C=CC(C1)C(=C=O)C2. The summed E-state index contributed by atoms with van der Waals surface area (Å²) < 4.78 is 0. The van der Waals surface area contributed by atoms with Crippen LogP contribution in [0.2, 0.25) is 0 Å². The monoisotopic (exact) mass is 134 g/mol. The van der Waals surface area contributed by atoms with Gasteiger partial charge in [-0.2, -0.15) is 0 Å². The van der Waals surface area contributed by atoms with Crippen LogP contribution in [-0.4, -0.2) is 5.94 Å². The molecular formula is C9H10O. The topological polar surface area (TPSA) is 17.1 Å². The fraction of sp³-hybridized carbons (Fsp3) is 0.556. The molecule has 2 unspecified atom stereocenters. The fourth-order valence-electron chi connectivity index (χ4n) is 2.04. The highest BCUT2D eigenvalue weighted by molar-refractivity contribution is 5.57. The molecule has 2 aliphatic rings. The molecular weight excluding hydrogens is 124 g/mol. The predicted molar refractivity (Wildman–Crippen MR) is 39.2 cm³/mol. The summed E-state index contributed by atoms with van der Waals surface area (Å²) in [7, 11) is 0. The summed E-state index contributed by atoms with van der Waals surface area (Å²) in [5.41, 5.74) is 1.28. The Morgan fingerprint density at radius 1 is 1.80 bits per heavy atom. The molecule has 0 heterocycles. The van der Waals surface area contributed by atoms with Crippen LogP contribution in [0.5, 0.6) is 0 Å². The van der Waals surface area contributed by atoms with E-state index in [-0.39, 0.29) is 0 Å². The molecule has 1 heteroatoms. The maximum absolute atomic E-state index is 10.3. The minimum absolute atomic E-state index is 0.303. The molecule has 0 N–H and O–H groups in total. The number of allylic oxidation sites excluding steroid dienone is 3. The standard InChI is InChI=1S/C9H10O/c1-9-3-2-7(4-9)8(5-9)6-10/h2-3,7H,4-5H2,1H3. The maximum atomic E-state index is 10.3. The van der Waals surface area contributed by atoms with Crippen LogP contribution >= 0.6 is 0 Å². The summed E-state index contributed by atoms with van der Waals surface area (Å²) in [4.78, 5) is 10.3. The molecule has 1 fully saturated rings. The number of rotatable bonds is 0. The van der Waals surface area contributed by atoms with Crippen molar-refractivity contribution in [2.24, 2.45) is 11.3 Å². The van der Waals surface area contributed by atoms with Gasteiger partial charge in [-0.05, 0) is 18.3 Å². The van der Waals surface area contributed by atoms with Crippen molar-refractivity contribution in [3.05, 3.63) is 17.7 Å². The Bertz CT molecular complexity index is 245. The molecule has 2 atom stereocenters. The molecule has 0 aromatic carbocycles. The number of hydrogen-bond donors (Lipinski definition) is 0. The summed E-state index contributed by atoms with van der Waals surface area (Å²) >= 11 is 0. The molecule has 10 heavy (non-hydrogen) atoms. The van der Waals surface area contributed by atoms with Crippen LogP contribution < -0.4 is 0 Å². The van der Waals surface area contributed by atoms with Crippen LogP contribution in [0.1, 0.15) is 19.8 Å². The van der Waals surface area contributed by atoms with Crippen LogP contribution in [0.3, 0.4) is 0 Å². The van der Waals surface area contributed by atoms with Crippen molar-refractivity contribution in [1.29, 1.82) is 0 Å². The molecule has 52 valence electrons. The summed E-state index contributed by atoms with van der Waals surface area (Å²) in [6, 6.07) is 0. The minimum Gasteiger partial charge on any atom is -0.234 e. The van der Waals surface area contributed by atoms with Gasteiger partial charge >= 0.3 is 0 Å². The molecule has 0 radical (unpaired) electrons. The van der Waals surface area contributed by atoms with Gasteiger partial charge in [0.2, 0.25) is 0 Å². The van der Waals surface area contributed by atoms with E-state index in [0.29, 0.717) is 11.3 Å². The van der Waals surface area contributed by atoms with Gasteiger partial charge < -0.3 is 0 Å². The van der Waals surface area contributed by atoms with E-state index in [1.54, 1.807) is 0 Å². The van der Waals surface area contributed by atoms with Crippen molar-refractivity contribution in [2.75, 3.05) is 0 Å². The van der Waals surface area contributed by atoms with Crippen LogP contribution in [-0.2, 0) is 4.79 Å². The third-order valence-electron chi connectivity index (χ3n) is 2.59. The van der Waals surface area contributed by atoms with E-state index in [1.807, 2.05) is 5.94 Å². The molecule has 2 rings (SSSR count). The van der Waals surface area contributed by atoms with E-state index < -0.39 is 0 Å². The van der Waals surface area contributed by atoms with Crippen LogP contribution in [0, 0.1) is 11.3 Å². The number of hydrogen-bond acceptors (Lipinski definition) is 1. The molecule has 0 aromatic rings. The number of carbonyl (C=O) groups excluding carboxylic acids is 1. The first-order valence-corrected chi connectivity index (χ1v) is 3.67. The Morgan fingerprint density at radius 2 is 2.60 bits per heavy atom. The molecule has 2 bridgehead atoms. The van der Waals surface area contributed by atoms with Crippen LogP contribution in [0.25, 0.3) is 0 Å². The third kappa shape index (κ3) is 0.614. The molecule has 0 spiro atoms. The van der Waals surface area contributed by atoms with Crippen molar-refractivity contribution in [2.45, 2.75) is 19.8 Å². The zero-order valence-corrected chi connectivity index (χ0v) is 6.05. The lowest BCUT2D eigenvalue weighted by Crippen LogP contribution is -2.04. The first-order valence-electron chi connectivity index (χ1n) is 3.67. The molecule has 1 saturated carbocycles. The van der Waals surface area contributed by atoms with Gasteiger partial charge in [-0.3, -0.25) is 0 Å². The largest absolute Gasteiger partial charge is 0.234 e. The summed E-state index contributed by atoms with van der Waals surface area (Å²) in [5, 5.41) is 0. The van der Waals surface area contributed by atoms with Crippen molar-refractivity contribution < 1.29 is 4.79 Å². The smallest absolute Gasteiger partial charge is 0.124 e. The highest BCUT2D eigenvalue weighted by atomic mass is 16.1. The third-order valence-corrected chi connectivity index (χ3v) is 2.59. The van der Waals surface area contributed by atoms with Gasteiger partial charge in [0.15, 0.2) is 0 Å². The van der Waals surface area contributed by atoms with Crippen molar-refractivity contribution in [3.8, 4) is 0 Å². The van der Waals surface area contributed by atoms with Gasteiger partial charge in [0.05, 0.1) is 0 Å². The first kappa shape index (κ1) is 5.94. The van der Waals surface area contributed by atoms with Gasteiger partial charge in [0.1, 0.15) is 5.94 Å². The normalized spacial score (nSPS) is 42.5. The second kappa shape index (κ2) is 1.62. The maximum Gasteiger partial charge on any atom is 0.124 e. The van der Waals surface area contributed by atoms with E-state index in [4.69, 9.17) is 0 Å². The average Bonchev–Trinajstić information content (AvgIpc) is 2.41. The Kier molecular flexibility index (Phi) is 0.959. The van der Waals surface area contributed by atoms with Crippen LogP contribution in [0.4, 0.5) is 0 Å². The minimum atomic E-state index is 0.303. The highest BCUT2D eigenvalue weighted by Crippen LogP contribution is 2.50.